The van der Waals surface area contributed by atoms with Gasteiger partial charge in [-0.3, -0.25) is 4.79 Å². The van der Waals surface area contributed by atoms with Crippen molar-refractivity contribution in [2.24, 2.45) is 0 Å². The van der Waals surface area contributed by atoms with Crippen LogP contribution < -0.4 is 0 Å². The molecule has 1 fully saturated rings. The van der Waals surface area contributed by atoms with E-state index in [4.69, 9.17) is 0 Å². The molecule has 0 amide bonds. The molecule has 1 saturated carbocycles. The zero-order valence-corrected chi connectivity index (χ0v) is 33.3. The third-order valence-corrected chi connectivity index (χ3v) is 25.0. The largest absolute Gasteiger partial charge is 0.385 e. The molecule has 5 aliphatic rings. The lowest BCUT2D eigenvalue weighted by Crippen LogP contribution is -2.59. The van der Waals surface area contributed by atoms with Crippen molar-refractivity contribution in [3.05, 3.63) is 22.3 Å². The third kappa shape index (κ3) is 1.18. The van der Waals surface area contributed by atoms with Crippen LogP contribution in [-0.4, -0.2) is 17.0 Å². The van der Waals surface area contributed by atoms with Crippen LogP contribution in [0.15, 0.2) is 0 Å². The van der Waals surface area contributed by atoms with Crippen molar-refractivity contribution in [3.63, 3.8) is 0 Å². The topological polar surface area (TPSA) is 37.3 Å². The molecule has 0 saturated heterocycles. The Morgan fingerprint density at radius 1 is 0.227 bits per heavy atom. The Balaban J connectivity index is 1.26. The second-order valence-corrected chi connectivity index (χ2v) is 24.9. The molecular weight excluding hydrogens is 801 g/mol. The van der Waals surface area contributed by atoms with Crippen molar-refractivity contribution in [1.82, 2.24) is 0 Å². The third-order valence-electron chi connectivity index (χ3n) is 25.0. The first-order chi connectivity index (χ1) is 32.7. The Hall–Kier alpha value is -7.91. The number of aliphatic hydroxyl groups is 1. The first kappa shape index (κ1) is 23.9. The number of carbonyl (C=O) groups excluding carboxylic acids is 1. The van der Waals surface area contributed by atoms with Crippen molar-refractivity contribution in [2.45, 2.75) is 29.8 Å². The van der Waals surface area contributed by atoms with Crippen LogP contribution in [0, 0.1) is 0 Å². The first-order valence-corrected chi connectivity index (χ1v) is 24.7. The van der Waals surface area contributed by atoms with E-state index in [9.17, 15) is 5.11 Å². The van der Waals surface area contributed by atoms with Crippen LogP contribution in [-0.2, 0) is 15.6 Å². The standard InChI is InChI=1S/C64H6O2/c65-3-1-63-59-51-43-33-23-15-7-5-6-9-13-11(7)19-27-21(13)31-25-17(9)18-10(6)14-12-8(5)16(15)24-30-20(12)28-22(14)32-26(18)36-35(25)45-39(31)49-41(27)47(37(43)29(19)23)55(59)57(49)61-53(45)54-46(36)40(32)50-42(28)48-38(30)44(34(24)33)52(51)60(63)56(48)58(50)62(54)64(61,63)2-4(3)66/h3,65H,1-2H2. The molecule has 2 nitrogen and oxygen atoms in total. The zero-order chi connectivity index (χ0) is 39.1. The molecule has 33 rings (SSSR count). The van der Waals surface area contributed by atoms with Crippen LogP contribution in [0.5, 0.6) is 0 Å². The minimum Gasteiger partial charge on any atom is -0.385 e. The van der Waals surface area contributed by atoms with Crippen molar-refractivity contribution in [2.75, 3.05) is 0 Å². The Morgan fingerprint density at radius 2 is 0.364 bits per heavy atom. The quantitative estimate of drug-likeness (QED) is 0.155. The molecule has 28 aromatic rings. The van der Waals surface area contributed by atoms with E-state index in [-0.39, 0.29) is 5.78 Å². The van der Waals surface area contributed by atoms with Crippen molar-refractivity contribution < 1.29 is 9.90 Å². The van der Waals surface area contributed by atoms with Gasteiger partial charge >= 0.3 is 0 Å². The van der Waals surface area contributed by atoms with Crippen molar-refractivity contribution in [3.8, 4) is 0 Å². The van der Waals surface area contributed by atoms with Gasteiger partial charge in [0.25, 0.3) is 0 Å². The Labute approximate surface area is 356 Å². The number of aliphatic hydroxyl groups excluding tert-OH is 1. The van der Waals surface area contributed by atoms with E-state index in [2.05, 4.69) is 0 Å². The maximum atomic E-state index is 15.3. The first-order valence-electron chi connectivity index (χ1n) is 24.7. The minimum atomic E-state index is -0.986. The summed E-state index contributed by atoms with van der Waals surface area (Å²) in [6, 6.07) is 0. The second-order valence-electron chi connectivity index (χ2n) is 24.9. The van der Waals surface area contributed by atoms with Crippen LogP contribution >= 0.6 is 0 Å². The van der Waals surface area contributed by atoms with Gasteiger partial charge < -0.3 is 5.11 Å². The molecule has 2 heteroatoms. The number of rotatable bonds is 0. The van der Waals surface area contributed by atoms with Gasteiger partial charge in [-0.2, -0.15) is 0 Å². The highest BCUT2D eigenvalue weighted by atomic mass is 16.3. The minimum absolute atomic E-state index is 0.0677. The summed E-state index contributed by atoms with van der Waals surface area (Å²) in [6.07, 6.45) is -0.106. The molecule has 1 N–H and O–H groups in total. The van der Waals surface area contributed by atoms with Gasteiger partial charge in [-0.15, -0.1) is 0 Å². The fourth-order valence-electron chi connectivity index (χ4n) is 25.0. The highest BCUT2D eigenvalue weighted by Gasteiger charge is 2.72. The monoisotopic (exact) mass is 806 g/mol. The highest BCUT2D eigenvalue weighted by molar-refractivity contribution is 6.82. The van der Waals surface area contributed by atoms with Crippen LogP contribution in [0.3, 0.4) is 0 Å². The highest BCUT2D eigenvalue weighted by Crippen LogP contribution is 2.85. The van der Waals surface area contributed by atoms with E-state index < -0.39 is 16.9 Å². The fourth-order valence-corrected chi connectivity index (χ4v) is 25.0. The smallest absolute Gasteiger partial charge is 0.162 e. The van der Waals surface area contributed by atoms with Crippen molar-refractivity contribution >= 4 is 297 Å². The number of Topliss-reactive ketones (excluding diaryl/α,β-unsaturated/α-hetero) is 1. The van der Waals surface area contributed by atoms with Crippen LogP contribution in [0.25, 0.3) is 291 Å². The molecule has 1 atom stereocenters. The van der Waals surface area contributed by atoms with E-state index in [1.807, 2.05) is 0 Å². The average Bonchev–Trinajstić information content (AvgIpc) is 4.17. The summed E-state index contributed by atoms with van der Waals surface area (Å²) in [4.78, 5) is 15.3. The Kier molecular flexibility index (Phi) is 1.87. The summed E-state index contributed by atoms with van der Waals surface area (Å²) < 4.78 is 0. The second kappa shape index (κ2) is 5.19. The van der Waals surface area contributed by atoms with Gasteiger partial charge in [0.1, 0.15) is 6.10 Å². The average molecular weight is 807 g/mol. The molecule has 0 heterocycles. The SMILES string of the molecule is O=C1CC23c4c5c6c7c8c9c(c%10c%11c2c2c4c4c%12c5c5c6c6c8c8c%13c9c9c%10c%10c%11c%11c2c2c4c4c%12c%12c5c5c6c8c6c8c%13c9c9c%10c%10c%11c2c2c4c4c%12c5c6c5c8c9c%10c2c45)C73CC1O. The summed E-state index contributed by atoms with van der Waals surface area (Å²) in [5.74, 6) is 0.0677. The predicted molar refractivity (Wildman–Crippen MR) is 274 cm³/mol. The molecule has 0 aromatic heterocycles. The maximum absolute atomic E-state index is 15.3. The van der Waals surface area contributed by atoms with Gasteiger partial charge in [0.05, 0.1) is 0 Å². The Bertz CT molecular complexity index is 6900. The normalized spacial score (nSPS) is 24.6. The van der Waals surface area contributed by atoms with E-state index in [1.54, 1.807) is 280 Å². The maximum Gasteiger partial charge on any atom is 0.162 e. The lowest BCUT2D eigenvalue weighted by atomic mass is 9.43. The molecule has 274 valence electrons. The van der Waals surface area contributed by atoms with Gasteiger partial charge in [-0.05, 0) is 320 Å². The number of hydrogen-bond donors (Lipinski definition) is 1. The lowest BCUT2D eigenvalue weighted by Gasteiger charge is -2.57. The molecule has 0 bridgehead atoms. The van der Waals surface area contributed by atoms with Crippen molar-refractivity contribution in [1.29, 1.82) is 0 Å². The molecular formula is C64H6O2. The summed E-state index contributed by atoms with van der Waals surface area (Å²) in [7, 11) is 0. The summed E-state index contributed by atoms with van der Waals surface area (Å²) in [5, 5.41) is 97.9. The van der Waals surface area contributed by atoms with E-state index in [0.717, 1.165) is 0 Å². The summed E-state index contributed by atoms with van der Waals surface area (Å²) >= 11 is 0. The van der Waals surface area contributed by atoms with Crippen LogP contribution in [0.1, 0.15) is 35.1 Å². The fraction of sp³-hybridized carbons (Fsp3) is 0.0781. The summed E-state index contributed by atoms with van der Waals surface area (Å²) in [6.45, 7) is 0. The summed E-state index contributed by atoms with van der Waals surface area (Å²) in [5.41, 5.74) is 5.03. The number of benzene rings is 18. The molecule has 2 spiro atoms. The molecule has 66 heavy (non-hydrogen) atoms. The van der Waals surface area contributed by atoms with E-state index >= 15 is 4.79 Å². The number of ketones is 1. The van der Waals surface area contributed by atoms with Gasteiger partial charge in [0, 0.05) is 17.3 Å². The van der Waals surface area contributed by atoms with Gasteiger partial charge in [0.2, 0.25) is 0 Å². The molecule has 5 aliphatic carbocycles. The van der Waals surface area contributed by atoms with Crippen LogP contribution in [0.2, 0.25) is 0 Å². The zero-order valence-electron chi connectivity index (χ0n) is 33.3. The number of hydrogen-bond acceptors (Lipinski definition) is 2. The number of carbonyl (C=O) groups is 1. The lowest BCUT2D eigenvalue weighted by molar-refractivity contribution is -0.133. The van der Waals surface area contributed by atoms with Crippen LogP contribution in [0.4, 0.5) is 0 Å². The van der Waals surface area contributed by atoms with E-state index in [0.29, 0.717) is 12.8 Å². The molecule has 0 aliphatic heterocycles. The molecule has 0 radical (unpaired) electrons. The molecule has 28 aromatic carbocycles. The van der Waals surface area contributed by atoms with Gasteiger partial charge in [-0.1, -0.05) is 0 Å². The predicted octanol–water partition coefficient (Wildman–Crippen LogP) is 16.0. The Morgan fingerprint density at radius 3 is 0.530 bits per heavy atom. The van der Waals surface area contributed by atoms with E-state index in [1.165, 1.54) is 32.7 Å². The molecule has 1 unspecified atom stereocenters. The van der Waals surface area contributed by atoms with Gasteiger partial charge in [-0.25, -0.2) is 0 Å². The van der Waals surface area contributed by atoms with Gasteiger partial charge in [0.15, 0.2) is 5.78 Å².